The summed E-state index contributed by atoms with van der Waals surface area (Å²) in [4.78, 5) is 47.8. The molecule has 78 heavy (non-hydrogen) atoms. The van der Waals surface area contributed by atoms with Crippen LogP contribution >= 0.6 is 50.7 Å². The van der Waals surface area contributed by atoms with E-state index in [-0.39, 0.29) is 42.0 Å². The number of imidazole rings is 3. The molecule has 0 amide bonds. The molecule has 0 aliphatic rings. The van der Waals surface area contributed by atoms with Crippen LogP contribution in [0.25, 0.3) is 16.9 Å². The number of fused-ring (bicyclic) bond motifs is 3. The summed E-state index contributed by atoms with van der Waals surface area (Å²) >= 11 is 21.2. The zero-order chi connectivity index (χ0) is 55.3. The number of halogens is 4. The number of nitrogens with zero attached hydrogens (tertiary/aromatic N) is 6. The number of aromatic carboxylic acids is 1. The second-order valence-electron chi connectivity index (χ2n) is 15.8. The Hall–Kier alpha value is -6.63. The predicted molar refractivity (Wildman–Crippen MR) is 299 cm³/mol. The van der Waals surface area contributed by atoms with Gasteiger partial charge in [-0.25, -0.2) is 29.3 Å². The van der Waals surface area contributed by atoms with E-state index in [0.29, 0.717) is 70.4 Å². The van der Waals surface area contributed by atoms with Gasteiger partial charge in [0, 0.05) is 75.9 Å². The maximum absolute atomic E-state index is 12.2. The molecule has 0 saturated heterocycles. The topological polar surface area (TPSA) is 246 Å². The molecule has 408 valence electrons. The molecule has 6 heterocycles. The van der Waals surface area contributed by atoms with Crippen molar-refractivity contribution in [3.63, 3.8) is 0 Å². The third-order valence-corrected chi connectivity index (χ3v) is 12.3. The number of nitrogens with two attached hydrogens (primary N) is 1. The van der Waals surface area contributed by atoms with E-state index in [1.807, 2.05) is 54.6 Å². The Morgan fingerprint density at radius 1 is 0.551 bits per heavy atom. The fourth-order valence-electron chi connectivity index (χ4n) is 7.67. The number of aromatic nitrogens is 6. The maximum Gasteiger partial charge on any atom is 1.00 e. The van der Waals surface area contributed by atoms with Gasteiger partial charge in [0.2, 0.25) is 0 Å². The number of methoxy groups -OCH3 is 3. The number of aliphatic hydroxyl groups is 1. The zero-order valence-corrected chi connectivity index (χ0v) is 47.8. The van der Waals surface area contributed by atoms with Crippen LogP contribution in [0.3, 0.4) is 0 Å². The van der Waals surface area contributed by atoms with Crippen LogP contribution in [-0.2, 0) is 41.7 Å². The van der Waals surface area contributed by atoms with Crippen molar-refractivity contribution in [1.82, 2.24) is 28.2 Å². The fourth-order valence-corrected chi connectivity index (χ4v) is 8.68. The third-order valence-electron chi connectivity index (χ3n) is 11.1. The summed E-state index contributed by atoms with van der Waals surface area (Å²) < 4.78 is 31.7. The number of ether oxygens (including phenoxy) is 5. The van der Waals surface area contributed by atoms with Gasteiger partial charge in [-0.1, -0.05) is 50.7 Å². The number of carboxylic acids is 1. The number of carbonyl (C=O) groups is 3. The van der Waals surface area contributed by atoms with Crippen LogP contribution in [0, 0.1) is 0 Å². The standard InChI is InChI=1S/C19H19ClN2O3.C17H15ClN2O3.C10H9BrN2O2.C8H10ClNO.CH4O.Li.H2O/c1-3-25-19(23)16-10-13(11-18-21-8-9-22(16)18)4-5-14-12-15(20)6-7-17(14)24-2;1-23-15-5-4-13(18)10-12(15)3-2-11-8-14(17(21)22)20-7-6-19-16(20)9-11;1-2-15-10(14)8-5-7(11)6-9-12-3-4-13(8)9;1-11-8-3-2-7(9)4-6(8)5-10;1-2;;/h6-12H,3-5H2,1-2H3;4-10H,2-3H2,1H3,(H,21,22);3-6H,2H2,1H3;2-4H,5,10H2,1H3;2H,1H3;;1H2/q;;;;;+1;/p-1. The largest absolute Gasteiger partial charge is 1.00 e. The minimum absolute atomic E-state index is 0. The van der Waals surface area contributed by atoms with Crippen LogP contribution in [0.2, 0.25) is 15.1 Å². The number of hydrogen-bond acceptors (Lipinski definition) is 14. The average molecular weight is 1190 g/mol. The average Bonchev–Trinajstić information content (AvgIpc) is 4.24. The van der Waals surface area contributed by atoms with Gasteiger partial charge in [0.25, 0.3) is 0 Å². The molecule has 6 aromatic heterocycles. The first kappa shape index (κ1) is 65.7. The number of carbonyl (C=O) groups excluding carboxylic acids is 2. The van der Waals surface area contributed by atoms with Crippen LogP contribution in [0.1, 0.15) is 73.1 Å². The summed E-state index contributed by atoms with van der Waals surface area (Å²) in [5.74, 6) is 0.688. The smallest absolute Gasteiger partial charge is 0.870 e. The Labute approximate surface area is 486 Å². The van der Waals surface area contributed by atoms with Crippen LogP contribution in [0.4, 0.5) is 0 Å². The van der Waals surface area contributed by atoms with Gasteiger partial charge in [0.05, 0.1) is 34.5 Å². The van der Waals surface area contributed by atoms with E-state index in [1.54, 1.807) is 122 Å². The Balaban J connectivity index is 0.000000279. The first-order valence-electron chi connectivity index (χ1n) is 23.4. The minimum Gasteiger partial charge on any atom is -0.870 e. The van der Waals surface area contributed by atoms with Crippen molar-refractivity contribution in [2.45, 2.75) is 46.1 Å². The summed E-state index contributed by atoms with van der Waals surface area (Å²) in [6.07, 6.45) is 12.9. The first-order valence-corrected chi connectivity index (χ1v) is 25.4. The Kier molecular flexibility index (Phi) is 27.7. The molecule has 0 spiro atoms. The number of rotatable bonds is 15. The predicted octanol–water partition coefficient (Wildman–Crippen LogP) is 7.95. The number of benzene rings is 3. The number of esters is 2. The molecule has 0 fully saturated rings. The molecule has 0 bridgehead atoms. The molecule has 5 N–H and O–H groups in total. The first-order chi connectivity index (χ1) is 36.7. The molecule has 18 nitrogen and oxygen atoms in total. The zero-order valence-electron chi connectivity index (χ0n) is 44.0. The van der Waals surface area contributed by atoms with Gasteiger partial charge in [-0.3, -0.25) is 13.2 Å². The molecule has 0 radical (unpaired) electrons. The molecular formula is C55H58BrCl3LiN7O11. The van der Waals surface area contributed by atoms with Crippen molar-refractivity contribution in [2.75, 3.05) is 41.7 Å². The second-order valence-corrected chi connectivity index (χ2v) is 18.1. The molecule has 9 rings (SSSR count). The Bertz CT molecular complexity index is 3390. The molecule has 3 aromatic carbocycles. The van der Waals surface area contributed by atoms with Crippen molar-refractivity contribution in [2.24, 2.45) is 5.73 Å². The molecular weight excluding hydrogens is 1130 g/mol. The maximum atomic E-state index is 12.2. The normalized spacial score (nSPS) is 10.2. The van der Waals surface area contributed by atoms with Crippen LogP contribution in [0.5, 0.6) is 17.2 Å². The van der Waals surface area contributed by atoms with Gasteiger partial charge in [0.1, 0.15) is 51.3 Å². The summed E-state index contributed by atoms with van der Waals surface area (Å²) in [6.45, 7) is 4.71. The van der Waals surface area contributed by atoms with Gasteiger partial charge in [-0.2, -0.15) is 0 Å². The molecule has 9 aromatic rings. The fraction of sp³-hybridized carbons (Fsp3) is 0.236. The quantitative estimate of drug-likeness (QED) is 0.0651. The summed E-state index contributed by atoms with van der Waals surface area (Å²) in [5, 5.41) is 18.4. The summed E-state index contributed by atoms with van der Waals surface area (Å²) in [6, 6.07) is 27.4. The van der Waals surface area contributed by atoms with Crippen LogP contribution in [-0.4, -0.2) is 103 Å². The summed E-state index contributed by atoms with van der Waals surface area (Å²) in [5.41, 5.74) is 13.5. The third kappa shape index (κ3) is 18.0. The molecule has 0 aliphatic carbocycles. The van der Waals surface area contributed by atoms with Gasteiger partial charge >= 0.3 is 36.8 Å². The molecule has 23 heteroatoms. The Morgan fingerprint density at radius 3 is 1.29 bits per heavy atom. The van der Waals surface area contributed by atoms with E-state index in [0.717, 1.165) is 75.1 Å². The second kappa shape index (κ2) is 33.0. The van der Waals surface area contributed by atoms with Crippen molar-refractivity contribution in [3.05, 3.63) is 193 Å². The molecule has 0 saturated carbocycles. The van der Waals surface area contributed by atoms with Gasteiger partial charge in [-0.05, 0) is 153 Å². The van der Waals surface area contributed by atoms with Crippen LogP contribution < -0.4 is 38.8 Å². The number of aliphatic hydroxyl groups excluding tert-OH is 1. The van der Waals surface area contributed by atoms with Gasteiger partial charge in [0.15, 0.2) is 0 Å². The van der Waals surface area contributed by atoms with E-state index in [4.69, 9.17) is 69.3 Å². The van der Waals surface area contributed by atoms with E-state index < -0.39 is 5.97 Å². The summed E-state index contributed by atoms with van der Waals surface area (Å²) in [7, 11) is 5.87. The molecule has 0 atom stereocenters. The number of carboxylic acid groups (broad SMARTS) is 1. The monoisotopic (exact) mass is 1180 g/mol. The molecule has 0 aliphatic heterocycles. The van der Waals surface area contributed by atoms with E-state index in [2.05, 4.69) is 30.9 Å². The van der Waals surface area contributed by atoms with Gasteiger partial charge < -0.3 is 45.1 Å². The van der Waals surface area contributed by atoms with Gasteiger partial charge in [-0.15, -0.1) is 0 Å². The SMILES string of the molecule is CCOC(=O)c1cc(Br)cc2nccn12.CCOC(=O)c1cc(CCc2cc(Cl)ccc2OC)cc2nccn12.CO.COc1ccc(Cl)cc1CCc1cc(C(=O)O)n2ccnc2c1.COc1ccc(Cl)cc1CN.[Li+].[OH-]. The van der Waals surface area contributed by atoms with Crippen molar-refractivity contribution in [3.8, 4) is 17.2 Å². The van der Waals surface area contributed by atoms with Crippen molar-refractivity contribution in [1.29, 1.82) is 0 Å². The van der Waals surface area contributed by atoms with Crippen molar-refractivity contribution >= 4 is 85.6 Å². The van der Waals surface area contributed by atoms with Crippen molar-refractivity contribution < 1.29 is 72.6 Å². The van der Waals surface area contributed by atoms with E-state index in [9.17, 15) is 19.5 Å². The van der Waals surface area contributed by atoms with E-state index in [1.165, 1.54) is 0 Å². The minimum atomic E-state index is -0.977. The number of pyridine rings is 3. The number of aryl methyl sites for hydroxylation is 4. The number of hydrogen-bond donors (Lipinski definition) is 3. The molecule has 0 unspecified atom stereocenters. The van der Waals surface area contributed by atoms with Crippen LogP contribution in [0.15, 0.2) is 133 Å². The Morgan fingerprint density at radius 2 is 0.910 bits per heavy atom. The van der Waals surface area contributed by atoms with E-state index >= 15 is 0 Å².